The van der Waals surface area contributed by atoms with Gasteiger partial charge in [0.25, 0.3) is 5.91 Å². The van der Waals surface area contributed by atoms with E-state index in [2.05, 4.69) is 33.3 Å². The topological polar surface area (TPSA) is 46.9 Å². The minimum absolute atomic E-state index is 0.0258. The van der Waals surface area contributed by atoms with E-state index in [0.717, 1.165) is 16.3 Å². The maximum Gasteiger partial charge on any atom is 0.270 e. The number of rotatable bonds is 3. The molecule has 0 spiro atoms. The van der Waals surface area contributed by atoms with Crippen LogP contribution in [-0.2, 0) is 7.05 Å². The predicted octanol–water partition coefficient (Wildman–Crippen LogP) is 2.74. The maximum absolute atomic E-state index is 12.3. The first kappa shape index (κ1) is 13.2. The highest BCUT2D eigenvalue weighted by atomic mass is 79.9. The minimum atomic E-state index is -0.0258. The number of halogens is 1. The van der Waals surface area contributed by atoms with Crippen molar-refractivity contribution in [2.24, 2.45) is 24.8 Å². The molecule has 4 nitrogen and oxygen atoms in total. The van der Waals surface area contributed by atoms with Crippen LogP contribution < -0.4 is 5.32 Å². The Morgan fingerprint density at radius 3 is 2.84 bits per heavy atom. The van der Waals surface area contributed by atoms with E-state index in [4.69, 9.17) is 0 Å². The van der Waals surface area contributed by atoms with Gasteiger partial charge in [-0.05, 0) is 59.9 Å². The lowest BCUT2D eigenvalue weighted by molar-refractivity contribution is 0.0905. The van der Waals surface area contributed by atoms with E-state index in [1.807, 2.05) is 0 Å². The summed E-state index contributed by atoms with van der Waals surface area (Å²) in [7, 11) is 1.79. The summed E-state index contributed by atoms with van der Waals surface area (Å²) >= 11 is 3.38. The van der Waals surface area contributed by atoms with Crippen molar-refractivity contribution >= 4 is 21.8 Å². The molecule has 19 heavy (non-hydrogen) atoms. The fourth-order valence-corrected chi connectivity index (χ4v) is 4.48. The maximum atomic E-state index is 12.3. The number of hydrogen-bond donors (Lipinski definition) is 1. The molecule has 4 atom stereocenters. The van der Waals surface area contributed by atoms with Gasteiger partial charge in [-0.25, -0.2) is 0 Å². The molecule has 3 rings (SSSR count). The fraction of sp³-hybridized carbons (Fsp3) is 0.714. The van der Waals surface area contributed by atoms with Crippen molar-refractivity contribution in [3.63, 3.8) is 0 Å². The van der Waals surface area contributed by atoms with Gasteiger partial charge in [0.1, 0.15) is 5.69 Å². The molecule has 5 heteroatoms. The molecule has 0 radical (unpaired) electrons. The van der Waals surface area contributed by atoms with Crippen LogP contribution in [0.5, 0.6) is 0 Å². The smallest absolute Gasteiger partial charge is 0.270 e. The summed E-state index contributed by atoms with van der Waals surface area (Å²) in [5.41, 5.74) is 0.606. The Kier molecular flexibility index (Phi) is 3.41. The van der Waals surface area contributed by atoms with Gasteiger partial charge >= 0.3 is 0 Å². The summed E-state index contributed by atoms with van der Waals surface area (Å²) in [6.45, 7) is 2.15. The van der Waals surface area contributed by atoms with E-state index < -0.39 is 0 Å². The molecule has 2 fully saturated rings. The zero-order valence-corrected chi connectivity index (χ0v) is 13.0. The molecule has 1 amide bonds. The molecule has 104 valence electrons. The van der Waals surface area contributed by atoms with Crippen LogP contribution in [0.15, 0.2) is 10.7 Å². The molecule has 1 heterocycles. The number of amides is 1. The Bertz CT molecular complexity index is 479. The van der Waals surface area contributed by atoms with Crippen LogP contribution in [0.2, 0.25) is 0 Å². The first-order valence-corrected chi connectivity index (χ1v) is 7.84. The number of nitrogens with one attached hydrogen (secondary N) is 1. The number of aryl methyl sites for hydroxylation is 1. The molecule has 0 unspecified atom stereocenters. The zero-order chi connectivity index (χ0) is 13.6. The molecule has 1 aromatic heterocycles. The molecule has 2 aliphatic carbocycles. The second-order valence-electron chi connectivity index (χ2n) is 6.07. The number of nitrogens with zero attached hydrogens (tertiary/aromatic N) is 2. The van der Waals surface area contributed by atoms with Crippen molar-refractivity contribution in [2.75, 3.05) is 0 Å². The van der Waals surface area contributed by atoms with Crippen LogP contribution in [0.3, 0.4) is 0 Å². The molecule has 0 aromatic carbocycles. The number of carbonyl (C=O) groups excluding carboxylic acids is 1. The van der Waals surface area contributed by atoms with Gasteiger partial charge in [-0.15, -0.1) is 0 Å². The van der Waals surface area contributed by atoms with E-state index >= 15 is 0 Å². The number of carbonyl (C=O) groups is 1. The highest BCUT2D eigenvalue weighted by Crippen LogP contribution is 2.49. The van der Waals surface area contributed by atoms with Crippen LogP contribution in [0.1, 0.15) is 43.1 Å². The van der Waals surface area contributed by atoms with E-state index in [1.165, 1.54) is 25.7 Å². The third kappa shape index (κ3) is 2.33. The van der Waals surface area contributed by atoms with Gasteiger partial charge in [0.05, 0.1) is 10.7 Å². The molecular weight excluding hydrogens is 306 g/mol. The summed E-state index contributed by atoms with van der Waals surface area (Å²) in [6.07, 6.45) is 7.08. The fourth-order valence-electron chi connectivity index (χ4n) is 3.95. The normalized spacial score (nSPS) is 30.6. The average Bonchev–Trinajstić information content (AvgIpc) is 3.05. The number of aromatic nitrogens is 2. The molecular formula is C14H20BrN3O. The molecule has 2 bridgehead atoms. The Morgan fingerprint density at radius 1 is 1.53 bits per heavy atom. The van der Waals surface area contributed by atoms with Crippen LogP contribution in [0.25, 0.3) is 0 Å². The van der Waals surface area contributed by atoms with Crippen molar-refractivity contribution in [3.05, 3.63) is 16.4 Å². The molecule has 1 N–H and O–H groups in total. The third-order valence-corrected chi connectivity index (χ3v) is 5.48. The van der Waals surface area contributed by atoms with Gasteiger partial charge in [-0.2, -0.15) is 5.10 Å². The second kappa shape index (κ2) is 4.93. The Balaban J connectivity index is 1.67. The lowest BCUT2D eigenvalue weighted by atomic mass is 9.84. The van der Waals surface area contributed by atoms with Gasteiger partial charge in [-0.3, -0.25) is 9.48 Å². The number of fused-ring (bicyclic) bond motifs is 2. The monoisotopic (exact) mass is 325 g/mol. The van der Waals surface area contributed by atoms with E-state index in [9.17, 15) is 4.79 Å². The van der Waals surface area contributed by atoms with Gasteiger partial charge < -0.3 is 5.32 Å². The Morgan fingerprint density at radius 2 is 2.32 bits per heavy atom. The molecule has 2 saturated carbocycles. The lowest BCUT2D eigenvalue weighted by Gasteiger charge is -2.28. The van der Waals surface area contributed by atoms with Crippen molar-refractivity contribution in [2.45, 2.75) is 38.6 Å². The molecule has 0 saturated heterocycles. The summed E-state index contributed by atoms with van der Waals surface area (Å²) in [6, 6.07) is 0.254. The first-order chi connectivity index (χ1) is 9.06. The summed E-state index contributed by atoms with van der Waals surface area (Å²) < 4.78 is 2.38. The van der Waals surface area contributed by atoms with E-state index in [-0.39, 0.29) is 11.9 Å². The standard InChI is InChI=1S/C14H20BrN3O/c1-8(11-6-9-3-4-10(11)5-9)17-14(19)13-12(15)7-16-18(13)2/h7-11H,3-6H2,1-2H3,(H,17,19)/t8-,9+,10+,11+/m1/s1. The van der Waals surface area contributed by atoms with Gasteiger partial charge in [0, 0.05) is 13.1 Å². The predicted molar refractivity (Wildman–Crippen MR) is 76.8 cm³/mol. The highest BCUT2D eigenvalue weighted by Gasteiger charge is 2.42. The van der Waals surface area contributed by atoms with Gasteiger partial charge in [-0.1, -0.05) is 6.42 Å². The van der Waals surface area contributed by atoms with Gasteiger partial charge in [0.2, 0.25) is 0 Å². The Labute approximate surface area is 122 Å². The van der Waals surface area contributed by atoms with Gasteiger partial charge in [0.15, 0.2) is 0 Å². The molecule has 2 aliphatic rings. The van der Waals surface area contributed by atoms with Crippen LogP contribution in [0.4, 0.5) is 0 Å². The van der Waals surface area contributed by atoms with Crippen LogP contribution in [0, 0.1) is 17.8 Å². The first-order valence-electron chi connectivity index (χ1n) is 7.04. The minimum Gasteiger partial charge on any atom is -0.348 e. The van der Waals surface area contributed by atoms with Crippen molar-refractivity contribution in [1.29, 1.82) is 0 Å². The van der Waals surface area contributed by atoms with E-state index in [1.54, 1.807) is 17.9 Å². The molecule has 1 aromatic rings. The summed E-state index contributed by atoms with van der Waals surface area (Å²) in [4.78, 5) is 12.3. The van der Waals surface area contributed by atoms with Crippen LogP contribution >= 0.6 is 15.9 Å². The van der Waals surface area contributed by atoms with Crippen molar-refractivity contribution in [1.82, 2.24) is 15.1 Å². The largest absolute Gasteiger partial charge is 0.348 e. The second-order valence-corrected chi connectivity index (χ2v) is 6.92. The average molecular weight is 326 g/mol. The highest BCUT2D eigenvalue weighted by molar-refractivity contribution is 9.10. The van der Waals surface area contributed by atoms with Crippen molar-refractivity contribution in [3.8, 4) is 0 Å². The summed E-state index contributed by atoms with van der Waals surface area (Å²) in [5, 5.41) is 7.25. The lowest BCUT2D eigenvalue weighted by Crippen LogP contribution is -2.40. The van der Waals surface area contributed by atoms with Crippen molar-refractivity contribution < 1.29 is 4.79 Å². The summed E-state index contributed by atoms with van der Waals surface area (Å²) in [5.74, 6) is 2.38. The van der Waals surface area contributed by atoms with E-state index in [0.29, 0.717) is 11.6 Å². The zero-order valence-electron chi connectivity index (χ0n) is 11.4. The number of hydrogen-bond acceptors (Lipinski definition) is 2. The SMILES string of the molecule is C[C@@H](NC(=O)c1c(Br)cnn1C)[C@@H]1C[C@H]2CC[C@H]1C2. The molecule has 0 aliphatic heterocycles. The third-order valence-electron chi connectivity index (χ3n) is 4.90. The Hall–Kier alpha value is -0.840. The quantitative estimate of drug-likeness (QED) is 0.928. The van der Waals surface area contributed by atoms with Crippen LogP contribution in [-0.4, -0.2) is 21.7 Å².